The third kappa shape index (κ3) is 2.14. The number of nitriles is 1. The molecule has 0 heterocycles. The number of amides is 1. The van der Waals surface area contributed by atoms with Gasteiger partial charge in [0.15, 0.2) is 0 Å². The van der Waals surface area contributed by atoms with Gasteiger partial charge in [0, 0.05) is 0 Å². The molecule has 1 amide bonds. The Hall–Kier alpha value is -2.03. The zero-order valence-corrected chi connectivity index (χ0v) is 8.22. The molecule has 0 saturated carbocycles. The largest absolute Gasteiger partial charge is 0.418 e. The molecule has 0 saturated heterocycles. The molecule has 0 radical (unpaired) electrons. The minimum absolute atomic E-state index is 0.373. The molecule has 3 nitrogen and oxygen atoms in total. The highest BCUT2D eigenvalue weighted by molar-refractivity contribution is 5.95. The van der Waals surface area contributed by atoms with E-state index in [4.69, 9.17) is 11.0 Å². The van der Waals surface area contributed by atoms with Crippen LogP contribution in [0.3, 0.4) is 0 Å². The predicted octanol–water partition coefficient (Wildman–Crippen LogP) is 1.98. The molecule has 6 heteroatoms. The summed E-state index contributed by atoms with van der Waals surface area (Å²) in [6, 6.07) is 3.50. The van der Waals surface area contributed by atoms with E-state index < -0.39 is 28.8 Å². The Morgan fingerprint density at radius 2 is 2.00 bits per heavy atom. The summed E-state index contributed by atoms with van der Waals surface area (Å²) in [5, 5.41) is 8.61. The smallest absolute Gasteiger partial charge is 0.366 e. The van der Waals surface area contributed by atoms with Gasteiger partial charge in [-0.1, -0.05) is 0 Å². The summed E-state index contributed by atoms with van der Waals surface area (Å²) in [4.78, 5) is 10.9. The van der Waals surface area contributed by atoms with Crippen molar-refractivity contribution in [3.8, 4) is 6.07 Å². The average Bonchev–Trinajstić information content (AvgIpc) is 2.14. The minimum atomic E-state index is -4.77. The molecule has 0 unspecified atom stereocenters. The molecule has 0 aromatic heterocycles. The third-order valence-corrected chi connectivity index (χ3v) is 1.95. The van der Waals surface area contributed by atoms with Gasteiger partial charge in [0.2, 0.25) is 5.91 Å². The van der Waals surface area contributed by atoms with Crippen molar-refractivity contribution in [3.05, 3.63) is 34.4 Å². The number of aryl methyl sites for hydroxylation is 1. The first-order chi connectivity index (χ1) is 7.27. The molecular formula is C10H7F3N2O. The van der Waals surface area contributed by atoms with Gasteiger partial charge in [-0.05, 0) is 24.6 Å². The normalized spacial score (nSPS) is 10.9. The number of carbonyl (C=O) groups is 1. The van der Waals surface area contributed by atoms with E-state index in [9.17, 15) is 18.0 Å². The molecule has 0 spiro atoms. The molecule has 0 bridgehead atoms. The van der Waals surface area contributed by atoms with Crippen LogP contribution >= 0.6 is 0 Å². The number of alkyl halides is 3. The number of hydrogen-bond acceptors (Lipinski definition) is 2. The molecular weight excluding hydrogens is 221 g/mol. The SMILES string of the molecule is Cc1cc(C#N)c(C(F)(F)F)c(C(N)=O)c1. The summed E-state index contributed by atoms with van der Waals surface area (Å²) in [5.41, 5.74) is 2.69. The van der Waals surface area contributed by atoms with Crippen LogP contribution in [0.4, 0.5) is 13.2 Å². The van der Waals surface area contributed by atoms with E-state index in [2.05, 4.69) is 0 Å². The predicted molar refractivity (Wildman–Crippen MR) is 49.4 cm³/mol. The fourth-order valence-electron chi connectivity index (χ4n) is 1.37. The van der Waals surface area contributed by atoms with Crippen LogP contribution < -0.4 is 5.73 Å². The molecule has 0 fully saturated rings. The van der Waals surface area contributed by atoms with Crippen molar-refractivity contribution in [3.63, 3.8) is 0 Å². The van der Waals surface area contributed by atoms with Gasteiger partial charge in [-0.15, -0.1) is 0 Å². The first-order valence-corrected chi connectivity index (χ1v) is 4.19. The van der Waals surface area contributed by atoms with Gasteiger partial charge in [0.1, 0.15) is 0 Å². The minimum Gasteiger partial charge on any atom is -0.366 e. The number of carbonyl (C=O) groups excluding carboxylic acids is 1. The van der Waals surface area contributed by atoms with Gasteiger partial charge in [0.05, 0.1) is 22.8 Å². The summed E-state index contributed by atoms with van der Waals surface area (Å²) >= 11 is 0. The van der Waals surface area contributed by atoms with Crippen LogP contribution in [0, 0.1) is 18.3 Å². The quantitative estimate of drug-likeness (QED) is 0.798. The maximum Gasteiger partial charge on any atom is 0.418 e. The van der Waals surface area contributed by atoms with Gasteiger partial charge < -0.3 is 5.73 Å². The Balaban J connectivity index is 3.67. The highest BCUT2D eigenvalue weighted by Gasteiger charge is 2.37. The first kappa shape index (κ1) is 12.0. The summed E-state index contributed by atoms with van der Waals surface area (Å²) in [6.45, 7) is 1.48. The first-order valence-electron chi connectivity index (χ1n) is 4.19. The maximum atomic E-state index is 12.6. The highest BCUT2D eigenvalue weighted by Crippen LogP contribution is 2.35. The lowest BCUT2D eigenvalue weighted by Crippen LogP contribution is -2.20. The average molecular weight is 228 g/mol. The second kappa shape index (κ2) is 3.85. The Kier molecular flexibility index (Phi) is 2.90. The van der Waals surface area contributed by atoms with E-state index in [0.717, 1.165) is 12.1 Å². The molecule has 0 aliphatic heterocycles. The number of nitrogens with two attached hydrogens (primary N) is 1. The second-order valence-electron chi connectivity index (χ2n) is 3.21. The number of halogens is 3. The van der Waals surface area contributed by atoms with Crippen molar-refractivity contribution < 1.29 is 18.0 Å². The van der Waals surface area contributed by atoms with Gasteiger partial charge in [-0.2, -0.15) is 18.4 Å². The molecule has 1 rings (SSSR count). The van der Waals surface area contributed by atoms with Crippen molar-refractivity contribution in [2.75, 3.05) is 0 Å². The third-order valence-electron chi connectivity index (χ3n) is 1.95. The molecule has 1 aromatic carbocycles. The van der Waals surface area contributed by atoms with Crippen LogP contribution in [0.25, 0.3) is 0 Å². The summed E-state index contributed by atoms with van der Waals surface area (Å²) < 4.78 is 37.9. The van der Waals surface area contributed by atoms with Crippen LogP contribution in [0.2, 0.25) is 0 Å². The molecule has 2 N–H and O–H groups in total. The summed E-state index contributed by atoms with van der Waals surface area (Å²) in [7, 11) is 0. The van der Waals surface area contributed by atoms with Crippen molar-refractivity contribution in [1.29, 1.82) is 5.26 Å². The van der Waals surface area contributed by atoms with E-state index in [1.54, 1.807) is 0 Å². The number of benzene rings is 1. The van der Waals surface area contributed by atoms with Crippen molar-refractivity contribution >= 4 is 5.91 Å². The molecule has 84 valence electrons. The van der Waals surface area contributed by atoms with Crippen LogP contribution in [0.1, 0.15) is 27.0 Å². The lowest BCUT2D eigenvalue weighted by Gasteiger charge is -2.13. The summed E-state index contributed by atoms with van der Waals surface area (Å²) in [5.74, 6) is -1.20. The number of primary amides is 1. The number of rotatable bonds is 1. The van der Waals surface area contributed by atoms with E-state index in [1.807, 2.05) is 0 Å². The molecule has 0 aliphatic carbocycles. The lowest BCUT2D eigenvalue weighted by molar-refractivity contribution is -0.138. The zero-order chi connectivity index (χ0) is 12.5. The Morgan fingerprint density at radius 3 is 2.38 bits per heavy atom. The van der Waals surface area contributed by atoms with Crippen molar-refractivity contribution in [2.45, 2.75) is 13.1 Å². The van der Waals surface area contributed by atoms with E-state index in [1.165, 1.54) is 13.0 Å². The van der Waals surface area contributed by atoms with Gasteiger partial charge in [-0.3, -0.25) is 4.79 Å². The Morgan fingerprint density at radius 1 is 1.44 bits per heavy atom. The van der Waals surface area contributed by atoms with Gasteiger partial charge >= 0.3 is 6.18 Å². The fourth-order valence-corrected chi connectivity index (χ4v) is 1.37. The molecule has 0 atom stereocenters. The fraction of sp³-hybridized carbons (Fsp3) is 0.200. The Labute approximate surface area is 89.3 Å². The molecule has 0 aliphatic rings. The van der Waals surface area contributed by atoms with Crippen LogP contribution in [0.5, 0.6) is 0 Å². The van der Waals surface area contributed by atoms with Gasteiger partial charge in [-0.25, -0.2) is 0 Å². The monoisotopic (exact) mass is 228 g/mol. The van der Waals surface area contributed by atoms with Crippen LogP contribution in [-0.4, -0.2) is 5.91 Å². The second-order valence-corrected chi connectivity index (χ2v) is 3.21. The van der Waals surface area contributed by atoms with E-state index in [0.29, 0.717) is 5.56 Å². The van der Waals surface area contributed by atoms with E-state index in [-0.39, 0.29) is 0 Å². The van der Waals surface area contributed by atoms with Gasteiger partial charge in [0.25, 0.3) is 0 Å². The maximum absolute atomic E-state index is 12.6. The zero-order valence-electron chi connectivity index (χ0n) is 8.22. The molecule has 16 heavy (non-hydrogen) atoms. The lowest BCUT2D eigenvalue weighted by atomic mass is 9.98. The van der Waals surface area contributed by atoms with Crippen LogP contribution in [0.15, 0.2) is 12.1 Å². The number of hydrogen-bond donors (Lipinski definition) is 1. The highest BCUT2D eigenvalue weighted by atomic mass is 19.4. The van der Waals surface area contributed by atoms with Crippen molar-refractivity contribution in [2.24, 2.45) is 5.73 Å². The van der Waals surface area contributed by atoms with Crippen molar-refractivity contribution in [1.82, 2.24) is 0 Å². The standard InChI is InChI=1S/C10H7F3N2O/c1-5-2-6(4-14)8(10(11,12)13)7(3-5)9(15)16/h2-3H,1H3,(H2,15,16). The van der Waals surface area contributed by atoms with E-state index >= 15 is 0 Å². The van der Waals surface area contributed by atoms with Crippen LogP contribution in [-0.2, 0) is 6.18 Å². The topological polar surface area (TPSA) is 66.9 Å². The summed E-state index contributed by atoms with van der Waals surface area (Å²) in [6.07, 6.45) is -4.77. The number of nitrogens with zero attached hydrogens (tertiary/aromatic N) is 1. The Bertz CT molecular complexity index is 486. The molecule has 1 aromatic rings.